The summed E-state index contributed by atoms with van der Waals surface area (Å²) in [4.78, 5) is 11.9. The summed E-state index contributed by atoms with van der Waals surface area (Å²) in [5.74, 6) is -0.160. The maximum absolute atomic E-state index is 11.9. The van der Waals surface area contributed by atoms with Gasteiger partial charge in [0.05, 0.1) is 4.90 Å². The highest BCUT2D eigenvalue weighted by atomic mass is 32.2. The number of hydrogen-bond acceptors (Lipinski definition) is 4. The van der Waals surface area contributed by atoms with Crippen LogP contribution in [0.5, 0.6) is 0 Å². The summed E-state index contributed by atoms with van der Waals surface area (Å²) in [6.07, 6.45) is 1.92. The first-order chi connectivity index (χ1) is 9.64. The molecule has 0 aromatic heterocycles. The number of sulfonamides is 1. The highest BCUT2D eigenvalue weighted by Gasteiger charge is 2.18. The third-order valence-corrected chi connectivity index (χ3v) is 4.21. The number of carbonyl (C=O) groups excluding carboxylic acids is 1. The average Bonchev–Trinajstić information content (AvgIpc) is 2.36. The molecule has 0 heterocycles. The minimum atomic E-state index is -3.77. The van der Waals surface area contributed by atoms with Crippen molar-refractivity contribution in [1.82, 2.24) is 0 Å². The van der Waals surface area contributed by atoms with Crippen molar-refractivity contribution in [3.05, 3.63) is 24.3 Å². The van der Waals surface area contributed by atoms with Crippen LogP contribution in [0.4, 0.5) is 5.69 Å². The van der Waals surface area contributed by atoms with E-state index in [0.29, 0.717) is 25.1 Å². The van der Waals surface area contributed by atoms with E-state index >= 15 is 0 Å². The molecular weight excluding hydrogens is 290 g/mol. The van der Waals surface area contributed by atoms with Crippen LogP contribution in [0.3, 0.4) is 0 Å². The van der Waals surface area contributed by atoms with Gasteiger partial charge in [0.25, 0.3) is 0 Å². The van der Waals surface area contributed by atoms with Gasteiger partial charge in [-0.05, 0) is 43.0 Å². The van der Waals surface area contributed by atoms with Crippen molar-refractivity contribution in [2.24, 2.45) is 16.3 Å². The quantitative estimate of drug-likeness (QED) is 0.706. The third-order valence-electron chi connectivity index (χ3n) is 3.30. The van der Waals surface area contributed by atoms with E-state index in [2.05, 4.69) is 19.2 Å². The number of amides is 1. The van der Waals surface area contributed by atoms with Crippen molar-refractivity contribution in [2.75, 3.05) is 11.9 Å². The Hall–Kier alpha value is -1.44. The lowest BCUT2D eigenvalue weighted by Gasteiger charge is -2.23. The molecule has 0 atom stereocenters. The predicted octanol–water partition coefficient (Wildman–Crippen LogP) is 1.43. The van der Waals surface area contributed by atoms with Crippen LogP contribution in [0.1, 0.15) is 33.1 Å². The van der Waals surface area contributed by atoms with E-state index in [0.717, 1.165) is 6.42 Å². The van der Waals surface area contributed by atoms with Crippen LogP contribution < -0.4 is 16.2 Å². The molecule has 21 heavy (non-hydrogen) atoms. The van der Waals surface area contributed by atoms with Crippen LogP contribution in [0.2, 0.25) is 0 Å². The first-order valence-corrected chi connectivity index (χ1v) is 8.31. The largest absolute Gasteiger partial charge is 0.330 e. The lowest BCUT2D eigenvalue weighted by Crippen LogP contribution is -2.20. The van der Waals surface area contributed by atoms with Crippen molar-refractivity contribution in [2.45, 2.75) is 38.0 Å². The molecule has 0 aliphatic rings. The van der Waals surface area contributed by atoms with E-state index in [9.17, 15) is 13.2 Å². The van der Waals surface area contributed by atoms with Gasteiger partial charge in [0.15, 0.2) is 0 Å². The molecule has 118 valence electrons. The molecule has 0 radical (unpaired) electrons. The van der Waals surface area contributed by atoms with Gasteiger partial charge < -0.3 is 11.1 Å². The third kappa shape index (κ3) is 6.24. The van der Waals surface area contributed by atoms with Crippen molar-refractivity contribution >= 4 is 21.6 Å². The van der Waals surface area contributed by atoms with Crippen LogP contribution in [0.15, 0.2) is 29.2 Å². The fourth-order valence-electron chi connectivity index (χ4n) is 1.94. The standard InChI is InChI=1S/C14H23N3O3S/c1-14(2,8-9-15)7-6-13(18)17-11-4-3-5-12(10-11)21(16,19)20/h3-5,10H,6-9,15H2,1-2H3,(H,17,18)(H2,16,19,20). The van der Waals surface area contributed by atoms with E-state index < -0.39 is 10.0 Å². The summed E-state index contributed by atoms with van der Waals surface area (Å²) in [6.45, 7) is 4.72. The summed E-state index contributed by atoms with van der Waals surface area (Å²) in [7, 11) is -3.77. The molecule has 0 aliphatic carbocycles. The van der Waals surface area contributed by atoms with Gasteiger partial charge in [-0.3, -0.25) is 4.79 Å². The van der Waals surface area contributed by atoms with Crippen LogP contribution in [-0.4, -0.2) is 20.9 Å². The molecule has 1 aromatic rings. The number of rotatable bonds is 7. The summed E-state index contributed by atoms with van der Waals surface area (Å²) in [6, 6.07) is 5.89. The Balaban J connectivity index is 2.64. The molecule has 7 heteroatoms. The summed E-state index contributed by atoms with van der Waals surface area (Å²) in [5.41, 5.74) is 5.96. The Bertz CT molecular complexity index is 597. The molecule has 0 spiro atoms. The first-order valence-electron chi connectivity index (χ1n) is 6.77. The summed E-state index contributed by atoms with van der Waals surface area (Å²) < 4.78 is 22.5. The van der Waals surface area contributed by atoms with Gasteiger partial charge in [-0.1, -0.05) is 19.9 Å². The number of hydrogen-bond donors (Lipinski definition) is 3. The molecule has 6 nitrogen and oxygen atoms in total. The minimum absolute atomic E-state index is 0.00847. The zero-order valence-electron chi connectivity index (χ0n) is 12.4. The topological polar surface area (TPSA) is 115 Å². The second-order valence-electron chi connectivity index (χ2n) is 5.82. The maximum atomic E-state index is 11.9. The van der Waals surface area contributed by atoms with E-state index in [4.69, 9.17) is 10.9 Å². The number of anilines is 1. The summed E-state index contributed by atoms with van der Waals surface area (Å²) in [5, 5.41) is 7.73. The Morgan fingerprint density at radius 1 is 1.29 bits per heavy atom. The lowest BCUT2D eigenvalue weighted by atomic mass is 9.84. The Morgan fingerprint density at radius 2 is 1.95 bits per heavy atom. The Kier molecular flexibility index (Phi) is 5.88. The van der Waals surface area contributed by atoms with Gasteiger partial charge >= 0.3 is 0 Å². The molecular formula is C14H23N3O3S. The SMILES string of the molecule is CC(C)(CCN)CCC(=O)Nc1cccc(S(N)(=O)=O)c1. The number of nitrogens with two attached hydrogens (primary N) is 2. The first kappa shape index (κ1) is 17.6. The zero-order valence-corrected chi connectivity index (χ0v) is 13.2. The molecule has 0 saturated carbocycles. The van der Waals surface area contributed by atoms with Gasteiger partial charge in [-0.15, -0.1) is 0 Å². The lowest BCUT2D eigenvalue weighted by molar-refractivity contribution is -0.116. The monoisotopic (exact) mass is 313 g/mol. The minimum Gasteiger partial charge on any atom is -0.330 e. The molecule has 1 aromatic carbocycles. The maximum Gasteiger partial charge on any atom is 0.238 e. The number of primary sulfonamides is 1. The van der Waals surface area contributed by atoms with E-state index in [1.165, 1.54) is 18.2 Å². The Labute approximate surface area is 126 Å². The van der Waals surface area contributed by atoms with Crippen molar-refractivity contribution in [3.8, 4) is 0 Å². The zero-order chi connectivity index (χ0) is 16.1. The van der Waals surface area contributed by atoms with Crippen molar-refractivity contribution < 1.29 is 13.2 Å². The normalized spacial score (nSPS) is 12.2. The van der Waals surface area contributed by atoms with E-state index in [1.54, 1.807) is 6.07 Å². The smallest absolute Gasteiger partial charge is 0.238 e. The van der Waals surface area contributed by atoms with Crippen LogP contribution >= 0.6 is 0 Å². The van der Waals surface area contributed by atoms with Gasteiger partial charge in [-0.25, -0.2) is 13.6 Å². The molecule has 1 rings (SSSR count). The Morgan fingerprint density at radius 3 is 2.52 bits per heavy atom. The summed E-state index contributed by atoms with van der Waals surface area (Å²) >= 11 is 0. The van der Waals surface area contributed by atoms with Gasteiger partial charge in [-0.2, -0.15) is 0 Å². The number of carbonyl (C=O) groups is 1. The average molecular weight is 313 g/mol. The van der Waals surface area contributed by atoms with Crippen LogP contribution in [-0.2, 0) is 14.8 Å². The van der Waals surface area contributed by atoms with Crippen molar-refractivity contribution in [3.63, 3.8) is 0 Å². The highest BCUT2D eigenvalue weighted by molar-refractivity contribution is 7.89. The number of benzene rings is 1. The molecule has 1 amide bonds. The fraction of sp³-hybridized carbons (Fsp3) is 0.500. The van der Waals surface area contributed by atoms with E-state index in [1.807, 2.05) is 0 Å². The fourth-order valence-corrected chi connectivity index (χ4v) is 2.50. The van der Waals surface area contributed by atoms with Crippen LogP contribution in [0, 0.1) is 5.41 Å². The second kappa shape index (κ2) is 7.02. The predicted molar refractivity (Wildman–Crippen MR) is 83.1 cm³/mol. The molecule has 0 fully saturated rings. The van der Waals surface area contributed by atoms with Gasteiger partial charge in [0, 0.05) is 12.1 Å². The van der Waals surface area contributed by atoms with Crippen molar-refractivity contribution in [1.29, 1.82) is 0 Å². The molecule has 0 aliphatic heterocycles. The molecule has 5 N–H and O–H groups in total. The molecule has 0 saturated heterocycles. The number of nitrogens with one attached hydrogen (secondary N) is 1. The molecule has 0 unspecified atom stereocenters. The second-order valence-corrected chi connectivity index (χ2v) is 7.39. The molecule has 0 bridgehead atoms. The van der Waals surface area contributed by atoms with Gasteiger partial charge in [0.1, 0.15) is 0 Å². The highest BCUT2D eigenvalue weighted by Crippen LogP contribution is 2.26. The van der Waals surface area contributed by atoms with E-state index in [-0.39, 0.29) is 16.2 Å². The van der Waals surface area contributed by atoms with Gasteiger partial charge in [0.2, 0.25) is 15.9 Å². The van der Waals surface area contributed by atoms with Crippen LogP contribution in [0.25, 0.3) is 0 Å².